The summed E-state index contributed by atoms with van der Waals surface area (Å²) in [7, 11) is -3.28. The van der Waals surface area contributed by atoms with E-state index in [0.717, 1.165) is 0 Å². The molecule has 11 heavy (non-hydrogen) atoms. The minimum Gasteiger partial charge on any atom is -0.390 e. The Kier molecular flexibility index (Phi) is 2.48. The summed E-state index contributed by atoms with van der Waals surface area (Å²) in [5.41, 5.74) is 0. The Balaban J connectivity index is 2.47. The molecule has 0 aromatic rings. The summed E-state index contributed by atoms with van der Waals surface area (Å²) < 4.78 is 25.7. The third-order valence-corrected chi connectivity index (χ3v) is 3.13. The Morgan fingerprint density at radius 2 is 2.18 bits per heavy atom. The first kappa shape index (κ1) is 8.92. The quantitative estimate of drug-likeness (QED) is 0.556. The molecule has 5 nitrogen and oxygen atoms in total. The van der Waals surface area contributed by atoms with Crippen LogP contribution in [0.2, 0.25) is 0 Å². The van der Waals surface area contributed by atoms with Crippen molar-refractivity contribution in [3.63, 3.8) is 0 Å². The molecular weight excluding hydrogens is 168 g/mol. The van der Waals surface area contributed by atoms with E-state index in [1.54, 1.807) is 6.92 Å². The van der Waals surface area contributed by atoms with Gasteiger partial charge in [-0.3, -0.25) is 0 Å². The molecule has 0 aliphatic carbocycles. The molecule has 1 heterocycles. The lowest BCUT2D eigenvalue weighted by atomic mass is 10.2. The van der Waals surface area contributed by atoms with Gasteiger partial charge in [0.05, 0.1) is 6.10 Å². The number of rotatable bonds is 3. The molecule has 66 valence electrons. The second kappa shape index (κ2) is 3.06. The van der Waals surface area contributed by atoms with Gasteiger partial charge in [-0.05, 0) is 0 Å². The third kappa shape index (κ3) is 1.90. The van der Waals surface area contributed by atoms with Gasteiger partial charge in [-0.1, -0.05) is 6.92 Å². The molecule has 0 radical (unpaired) electrons. The van der Waals surface area contributed by atoms with Gasteiger partial charge >= 0.3 is 0 Å². The highest BCUT2D eigenvalue weighted by molar-refractivity contribution is 7.87. The predicted octanol–water partition coefficient (Wildman–Crippen LogP) is -1.48. The molecule has 1 aliphatic heterocycles. The highest BCUT2D eigenvalue weighted by Gasteiger charge is 2.33. The first-order valence-corrected chi connectivity index (χ1v) is 4.93. The van der Waals surface area contributed by atoms with Crippen molar-refractivity contribution < 1.29 is 13.5 Å². The Morgan fingerprint density at radius 1 is 1.64 bits per heavy atom. The lowest BCUT2D eigenvalue weighted by molar-refractivity contribution is 0.0540. The normalized spacial score (nSPS) is 21.6. The fraction of sp³-hybridized carbons (Fsp3) is 1.00. The number of nitrogens with one attached hydrogen (secondary N) is 1. The van der Waals surface area contributed by atoms with Crippen molar-refractivity contribution in [2.45, 2.75) is 13.0 Å². The van der Waals surface area contributed by atoms with Gasteiger partial charge in [0.2, 0.25) is 0 Å². The van der Waals surface area contributed by atoms with Crippen LogP contribution < -0.4 is 4.72 Å². The maximum absolute atomic E-state index is 11.1. The van der Waals surface area contributed by atoms with Crippen LogP contribution in [0.25, 0.3) is 0 Å². The number of hydrogen-bond acceptors (Lipinski definition) is 3. The van der Waals surface area contributed by atoms with Gasteiger partial charge < -0.3 is 5.11 Å². The molecule has 1 fully saturated rings. The van der Waals surface area contributed by atoms with Crippen molar-refractivity contribution in [2.75, 3.05) is 19.6 Å². The molecule has 0 aromatic heterocycles. The summed E-state index contributed by atoms with van der Waals surface area (Å²) in [5.74, 6) is 0. The maximum atomic E-state index is 11.1. The van der Waals surface area contributed by atoms with E-state index in [9.17, 15) is 8.42 Å². The molecule has 0 amide bonds. The molecule has 0 unspecified atom stereocenters. The number of β-amino-alcohol motifs (C(OH)–C–C–N with tert-alkyl or cyclic N) is 1. The van der Waals surface area contributed by atoms with Gasteiger partial charge in [-0.25, -0.2) is 4.72 Å². The van der Waals surface area contributed by atoms with Gasteiger partial charge in [0, 0.05) is 19.6 Å². The molecule has 1 aliphatic rings. The number of aliphatic hydroxyl groups excluding tert-OH is 1. The first-order valence-electron chi connectivity index (χ1n) is 3.49. The van der Waals surface area contributed by atoms with Crippen LogP contribution in [0.1, 0.15) is 6.92 Å². The van der Waals surface area contributed by atoms with E-state index >= 15 is 0 Å². The molecule has 1 saturated heterocycles. The second-order valence-corrected chi connectivity index (χ2v) is 4.23. The molecule has 0 aromatic carbocycles. The summed E-state index contributed by atoms with van der Waals surface area (Å²) >= 11 is 0. The molecule has 2 N–H and O–H groups in total. The highest BCUT2D eigenvalue weighted by atomic mass is 32.2. The minimum absolute atomic E-state index is 0.218. The van der Waals surface area contributed by atoms with Gasteiger partial charge in [0.15, 0.2) is 0 Å². The average molecular weight is 180 g/mol. The van der Waals surface area contributed by atoms with Crippen molar-refractivity contribution in [3.8, 4) is 0 Å². The van der Waals surface area contributed by atoms with Crippen LogP contribution in [0.3, 0.4) is 0 Å². The zero-order valence-corrected chi connectivity index (χ0v) is 7.13. The van der Waals surface area contributed by atoms with E-state index in [0.29, 0.717) is 6.54 Å². The number of nitrogens with zero attached hydrogens (tertiary/aromatic N) is 1. The Labute approximate surface area is 66.2 Å². The van der Waals surface area contributed by atoms with Crippen LogP contribution in [0, 0.1) is 0 Å². The fourth-order valence-corrected chi connectivity index (χ4v) is 2.17. The van der Waals surface area contributed by atoms with Gasteiger partial charge in [0.1, 0.15) is 0 Å². The van der Waals surface area contributed by atoms with Gasteiger partial charge in [0.25, 0.3) is 10.2 Å². The van der Waals surface area contributed by atoms with Crippen LogP contribution in [0.5, 0.6) is 0 Å². The van der Waals surface area contributed by atoms with Crippen molar-refractivity contribution in [1.29, 1.82) is 0 Å². The average Bonchev–Trinajstić information content (AvgIpc) is 1.81. The Bertz CT molecular complexity index is 220. The van der Waals surface area contributed by atoms with Gasteiger partial charge in [-0.15, -0.1) is 0 Å². The summed E-state index contributed by atoms with van der Waals surface area (Å²) in [6, 6.07) is 0. The highest BCUT2D eigenvalue weighted by Crippen LogP contribution is 2.10. The summed E-state index contributed by atoms with van der Waals surface area (Å²) in [6.07, 6.45) is -0.483. The minimum atomic E-state index is -3.28. The molecule has 6 heteroatoms. The molecule has 0 spiro atoms. The Hall–Kier alpha value is -0.170. The number of hydrogen-bond donors (Lipinski definition) is 2. The van der Waals surface area contributed by atoms with Gasteiger partial charge in [-0.2, -0.15) is 12.7 Å². The van der Waals surface area contributed by atoms with Crippen LogP contribution in [0.15, 0.2) is 0 Å². The standard InChI is InChI=1S/C5H12N2O3S/c1-2-6-11(9,10)7-3-5(8)4-7/h5-6,8H,2-4H2,1H3. The molecule has 0 bridgehead atoms. The van der Waals surface area contributed by atoms with E-state index in [4.69, 9.17) is 5.11 Å². The maximum Gasteiger partial charge on any atom is 0.279 e. The van der Waals surface area contributed by atoms with Crippen LogP contribution >= 0.6 is 0 Å². The largest absolute Gasteiger partial charge is 0.390 e. The van der Waals surface area contributed by atoms with Crippen LogP contribution in [-0.4, -0.2) is 43.6 Å². The van der Waals surface area contributed by atoms with Crippen LogP contribution in [-0.2, 0) is 10.2 Å². The van der Waals surface area contributed by atoms with Crippen molar-refractivity contribution in [2.24, 2.45) is 0 Å². The van der Waals surface area contributed by atoms with E-state index < -0.39 is 16.3 Å². The van der Waals surface area contributed by atoms with E-state index in [1.165, 1.54) is 4.31 Å². The zero-order chi connectivity index (χ0) is 8.48. The lowest BCUT2D eigenvalue weighted by Crippen LogP contribution is -2.56. The molecule has 0 atom stereocenters. The van der Waals surface area contributed by atoms with Crippen LogP contribution in [0.4, 0.5) is 0 Å². The van der Waals surface area contributed by atoms with Crippen molar-refractivity contribution >= 4 is 10.2 Å². The second-order valence-electron chi connectivity index (χ2n) is 2.47. The predicted molar refractivity (Wildman–Crippen MR) is 40.2 cm³/mol. The Morgan fingerprint density at radius 3 is 2.55 bits per heavy atom. The molecule has 0 saturated carbocycles. The van der Waals surface area contributed by atoms with E-state index in [1.807, 2.05) is 0 Å². The fourth-order valence-electron chi connectivity index (χ4n) is 0.887. The topological polar surface area (TPSA) is 69.6 Å². The zero-order valence-electron chi connectivity index (χ0n) is 6.32. The first-order chi connectivity index (χ1) is 5.06. The van der Waals surface area contributed by atoms with E-state index in [-0.39, 0.29) is 13.1 Å². The number of aliphatic hydroxyl groups is 1. The van der Waals surface area contributed by atoms with E-state index in [2.05, 4.69) is 4.72 Å². The SMILES string of the molecule is CCNS(=O)(=O)N1CC(O)C1. The van der Waals surface area contributed by atoms with Crippen molar-refractivity contribution in [1.82, 2.24) is 9.03 Å². The summed E-state index contributed by atoms with van der Waals surface area (Å²) in [4.78, 5) is 0. The smallest absolute Gasteiger partial charge is 0.279 e. The summed E-state index contributed by atoms with van der Waals surface area (Å²) in [5, 5.41) is 8.82. The lowest BCUT2D eigenvalue weighted by Gasteiger charge is -2.34. The summed E-state index contributed by atoms with van der Waals surface area (Å²) in [6.45, 7) is 2.54. The molecule has 1 rings (SSSR count). The monoisotopic (exact) mass is 180 g/mol. The van der Waals surface area contributed by atoms with Crippen molar-refractivity contribution in [3.05, 3.63) is 0 Å². The molecular formula is C5H12N2O3S. The third-order valence-electron chi connectivity index (χ3n) is 1.50.